The fraction of sp³-hybridized carbons (Fsp3) is 0.158. The van der Waals surface area contributed by atoms with Crippen LogP contribution in [0.15, 0.2) is 40.7 Å². The molecule has 0 aliphatic carbocycles. The quantitative estimate of drug-likeness (QED) is 0.515. The minimum absolute atomic E-state index is 0.282. The highest BCUT2D eigenvalue weighted by atomic mass is 32.1. The van der Waals surface area contributed by atoms with E-state index in [1.165, 1.54) is 23.0 Å². The van der Waals surface area contributed by atoms with Crippen LogP contribution in [0, 0.1) is 26.2 Å². The zero-order chi connectivity index (χ0) is 17.1. The van der Waals surface area contributed by atoms with Crippen LogP contribution < -0.4 is 4.80 Å². The minimum Gasteiger partial charge on any atom is -0.304 e. The van der Waals surface area contributed by atoms with Crippen molar-refractivity contribution in [3.8, 4) is 12.3 Å². The van der Waals surface area contributed by atoms with Crippen molar-refractivity contribution in [3.05, 3.63) is 56.5 Å². The summed E-state index contributed by atoms with van der Waals surface area (Å²) in [5, 5.41) is 1.97. The predicted octanol–water partition coefficient (Wildman–Crippen LogP) is 4.16. The van der Waals surface area contributed by atoms with Crippen molar-refractivity contribution >= 4 is 44.9 Å². The summed E-state index contributed by atoms with van der Waals surface area (Å²) >= 11 is 3.07. The number of aryl methyl sites for hydroxylation is 2. The maximum Gasteiger partial charge on any atom is 0.272 e. The molecular weight excluding hydrogens is 336 g/mol. The summed E-state index contributed by atoms with van der Waals surface area (Å²) in [5.74, 6) is 2.37. The highest BCUT2D eigenvalue weighted by Gasteiger charge is 2.09. The number of nitrogens with zero attached hydrogens (tertiary/aromatic N) is 2. The lowest BCUT2D eigenvalue weighted by Gasteiger charge is -2.04. The largest absolute Gasteiger partial charge is 0.304 e. The Morgan fingerprint density at radius 2 is 2.25 bits per heavy atom. The third-order valence-corrected chi connectivity index (χ3v) is 5.36. The van der Waals surface area contributed by atoms with Crippen molar-refractivity contribution in [2.75, 3.05) is 0 Å². The van der Waals surface area contributed by atoms with Crippen molar-refractivity contribution in [2.45, 2.75) is 20.4 Å². The monoisotopic (exact) mass is 352 g/mol. The lowest BCUT2D eigenvalue weighted by atomic mass is 10.1. The van der Waals surface area contributed by atoms with E-state index in [9.17, 15) is 4.79 Å². The molecular formula is C19H16N2OS2. The fourth-order valence-electron chi connectivity index (χ4n) is 2.59. The summed E-state index contributed by atoms with van der Waals surface area (Å²) in [5.41, 5.74) is 3.38. The molecule has 0 saturated heterocycles. The molecule has 0 N–H and O–H groups in total. The number of hydrogen-bond donors (Lipinski definition) is 0. The minimum atomic E-state index is -0.282. The van der Waals surface area contributed by atoms with Crippen molar-refractivity contribution in [2.24, 2.45) is 4.99 Å². The van der Waals surface area contributed by atoms with Gasteiger partial charge in [0.25, 0.3) is 5.91 Å². The Kier molecular flexibility index (Phi) is 4.79. The molecule has 120 valence electrons. The van der Waals surface area contributed by atoms with Gasteiger partial charge in [0.2, 0.25) is 0 Å². The predicted molar refractivity (Wildman–Crippen MR) is 102 cm³/mol. The first kappa shape index (κ1) is 16.4. The maximum atomic E-state index is 12.2. The molecule has 5 heteroatoms. The second-order valence-electron chi connectivity index (χ2n) is 5.40. The topological polar surface area (TPSA) is 34.4 Å². The van der Waals surface area contributed by atoms with Gasteiger partial charge in [0.05, 0.1) is 16.8 Å². The molecule has 0 aliphatic heterocycles. The average Bonchev–Trinajstić information content (AvgIpc) is 3.14. The number of thiophene rings is 1. The zero-order valence-electron chi connectivity index (χ0n) is 13.4. The van der Waals surface area contributed by atoms with Gasteiger partial charge < -0.3 is 4.57 Å². The number of aromatic nitrogens is 1. The lowest BCUT2D eigenvalue weighted by Crippen LogP contribution is -2.16. The number of thiazole rings is 1. The summed E-state index contributed by atoms with van der Waals surface area (Å²) in [6.45, 7) is 4.51. The number of rotatable bonds is 3. The number of fused-ring (bicyclic) bond motifs is 1. The molecule has 2 aromatic heterocycles. The third-order valence-electron chi connectivity index (χ3n) is 3.50. The van der Waals surface area contributed by atoms with Gasteiger partial charge in [-0.2, -0.15) is 4.99 Å². The number of carbonyl (C=O) groups is 1. The molecule has 0 bridgehead atoms. The molecule has 0 unspecified atom stereocenters. The van der Waals surface area contributed by atoms with Crippen LogP contribution >= 0.6 is 22.7 Å². The van der Waals surface area contributed by atoms with Gasteiger partial charge in [-0.05, 0) is 48.6 Å². The summed E-state index contributed by atoms with van der Waals surface area (Å²) in [6, 6.07) is 8.12. The van der Waals surface area contributed by atoms with E-state index in [1.54, 1.807) is 17.4 Å². The Hall–Kier alpha value is -2.42. The molecule has 3 aromatic rings. The first-order valence-corrected chi connectivity index (χ1v) is 9.12. The molecule has 3 rings (SSSR count). The molecule has 0 radical (unpaired) electrons. The second kappa shape index (κ2) is 7.00. The van der Waals surface area contributed by atoms with E-state index in [0.717, 1.165) is 20.7 Å². The Balaban J connectivity index is 2.08. The Morgan fingerprint density at radius 3 is 2.96 bits per heavy atom. The molecule has 0 fully saturated rings. The van der Waals surface area contributed by atoms with Crippen LogP contribution in [0.4, 0.5) is 0 Å². The van der Waals surface area contributed by atoms with Gasteiger partial charge in [-0.25, -0.2) is 0 Å². The molecule has 24 heavy (non-hydrogen) atoms. The second-order valence-corrected chi connectivity index (χ2v) is 7.39. The van der Waals surface area contributed by atoms with Crippen LogP contribution in [-0.2, 0) is 11.3 Å². The van der Waals surface area contributed by atoms with Crippen LogP contribution in [0.2, 0.25) is 0 Å². The van der Waals surface area contributed by atoms with Gasteiger partial charge in [0.1, 0.15) is 0 Å². The van der Waals surface area contributed by atoms with Gasteiger partial charge in [-0.1, -0.05) is 29.4 Å². The number of hydrogen-bond acceptors (Lipinski definition) is 3. The Morgan fingerprint density at radius 1 is 1.42 bits per heavy atom. The smallest absolute Gasteiger partial charge is 0.272 e. The first-order valence-electron chi connectivity index (χ1n) is 7.43. The highest BCUT2D eigenvalue weighted by molar-refractivity contribution is 7.16. The summed E-state index contributed by atoms with van der Waals surface area (Å²) in [4.78, 5) is 18.1. The summed E-state index contributed by atoms with van der Waals surface area (Å²) < 4.78 is 3.03. The van der Waals surface area contributed by atoms with Crippen LogP contribution in [-0.4, -0.2) is 10.5 Å². The van der Waals surface area contributed by atoms with Crippen molar-refractivity contribution in [3.63, 3.8) is 0 Å². The van der Waals surface area contributed by atoms with E-state index < -0.39 is 0 Å². The van der Waals surface area contributed by atoms with Gasteiger partial charge in [-0.3, -0.25) is 4.79 Å². The van der Waals surface area contributed by atoms with Crippen molar-refractivity contribution < 1.29 is 4.79 Å². The van der Waals surface area contributed by atoms with Crippen LogP contribution in [0.25, 0.3) is 16.3 Å². The van der Waals surface area contributed by atoms with Gasteiger partial charge in [-0.15, -0.1) is 17.8 Å². The van der Waals surface area contributed by atoms with E-state index in [-0.39, 0.29) is 5.91 Å². The fourth-order valence-corrected chi connectivity index (χ4v) is 4.42. The standard InChI is InChI=1S/C19H16N2OS2/c1-4-9-21-18-14(3)11-13(2)12-16(18)24-19(21)20-17(22)8-7-15-6-5-10-23-15/h1,5-8,10-12H,9H2,2-3H3. The van der Waals surface area contributed by atoms with Crippen LogP contribution in [0.5, 0.6) is 0 Å². The van der Waals surface area contributed by atoms with E-state index in [0.29, 0.717) is 11.3 Å². The van der Waals surface area contributed by atoms with Crippen molar-refractivity contribution in [1.29, 1.82) is 0 Å². The van der Waals surface area contributed by atoms with Gasteiger partial charge in [0.15, 0.2) is 4.80 Å². The molecule has 0 spiro atoms. The number of benzene rings is 1. The molecule has 0 aliphatic rings. The molecule has 1 amide bonds. The molecule has 0 saturated carbocycles. The van der Waals surface area contributed by atoms with Gasteiger partial charge in [0, 0.05) is 11.0 Å². The first-order chi connectivity index (χ1) is 11.6. The summed E-state index contributed by atoms with van der Waals surface area (Å²) in [6.07, 6.45) is 8.78. The van der Waals surface area contributed by atoms with Gasteiger partial charge >= 0.3 is 0 Å². The molecule has 0 atom stereocenters. The van der Waals surface area contributed by atoms with E-state index >= 15 is 0 Å². The van der Waals surface area contributed by atoms with E-state index in [2.05, 4.69) is 36.9 Å². The van der Waals surface area contributed by atoms with E-state index in [1.807, 2.05) is 22.1 Å². The molecule has 2 heterocycles. The van der Waals surface area contributed by atoms with E-state index in [4.69, 9.17) is 6.42 Å². The molecule has 3 nitrogen and oxygen atoms in total. The van der Waals surface area contributed by atoms with Crippen molar-refractivity contribution in [1.82, 2.24) is 4.57 Å². The Bertz CT molecular complexity index is 1030. The lowest BCUT2D eigenvalue weighted by molar-refractivity contribution is -0.113. The molecule has 1 aromatic carbocycles. The Labute approximate surface area is 148 Å². The normalized spacial score (nSPS) is 12.1. The van der Waals surface area contributed by atoms with Crippen LogP contribution in [0.3, 0.4) is 0 Å². The summed E-state index contributed by atoms with van der Waals surface area (Å²) in [7, 11) is 0. The number of carbonyl (C=O) groups excluding carboxylic acids is 1. The maximum absolute atomic E-state index is 12.2. The zero-order valence-corrected chi connectivity index (χ0v) is 15.1. The van der Waals surface area contributed by atoms with Crippen LogP contribution in [0.1, 0.15) is 16.0 Å². The number of amides is 1. The number of terminal acetylenes is 1. The average molecular weight is 352 g/mol. The third kappa shape index (κ3) is 3.40. The SMILES string of the molecule is C#CCn1c(=NC(=O)C=Cc2cccs2)sc2cc(C)cc(C)c21. The highest BCUT2D eigenvalue weighted by Crippen LogP contribution is 2.23.